The zero-order chi connectivity index (χ0) is 16.5. The Morgan fingerprint density at radius 1 is 1.22 bits per heavy atom. The zero-order valence-electron chi connectivity index (χ0n) is 13.6. The van der Waals surface area contributed by atoms with Gasteiger partial charge in [-0.1, -0.05) is 31.0 Å². The molecule has 6 nitrogen and oxygen atoms in total. The number of hydrogen-bond donors (Lipinski definition) is 3. The maximum Gasteiger partial charge on any atom is 0.240 e. The monoisotopic (exact) mass is 338 g/mol. The van der Waals surface area contributed by atoms with Crippen LogP contribution >= 0.6 is 0 Å². The lowest BCUT2D eigenvalue weighted by Gasteiger charge is -2.16. The molecule has 0 heterocycles. The molecule has 1 aromatic rings. The molecular weight excluding hydrogens is 312 g/mol. The summed E-state index contributed by atoms with van der Waals surface area (Å²) in [6.45, 7) is 3.48. The molecule has 0 saturated heterocycles. The molecule has 23 heavy (non-hydrogen) atoms. The highest BCUT2D eigenvalue weighted by Gasteiger charge is 2.16. The molecule has 0 bridgehead atoms. The van der Waals surface area contributed by atoms with Crippen molar-refractivity contribution in [3.05, 3.63) is 30.3 Å². The molecule has 128 valence electrons. The van der Waals surface area contributed by atoms with Crippen LogP contribution < -0.4 is 15.4 Å². The van der Waals surface area contributed by atoms with E-state index in [1.165, 1.54) is 25.7 Å². The maximum atomic E-state index is 12.1. The Morgan fingerprint density at radius 2 is 1.91 bits per heavy atom. The average Bonchev–Trinajstić information content (AvgIpc) is 3.05. The number of nitrogens with one attached hydrogen (secondary N) is 3. The summed E-state index contributed by atoms with van der Waals surface area (Å²) in [5, 5.41) is 6.61. The van der Waals surface area contributed by atoms with Crippen molar-refractivity contribution < 1.29 is 8.42 Å². The molecule has 1 aliphatic rings. The van der Waals surface area contributed by atoms with Crippen molar-refractivity contribution in [3.8, 4) is 0 Å². The number of aliphatic imine (C=N–C) groups is 1. The van der Waals surface area contributed by atoms with Crippen LogP contribution in [0, 0.1) is 0 Å². The Morgan fingerprint density at radius 3 is 2.57 bits per heavy atom. The molecule has 1 aliphatic carbocycles. The second-order valence-corrected chi connectivity index (χ2v) is 7.36. The Bertz CT molecular complexity index is 596. The van der Waals surface area contributed by atoms with Gasteiger partial charge in [0, 0.05) is 19.1 Å². The van der Waals surface area contributed by atoms with Gasteiger partial charge in [-0.15, -0.1) is 0 Å². The lowest BCUT2D eigenvalue weighted by atomic mass is 10.2. The van der Waals surface area contributed by atoms with Crippen LogP contribution in [0.15, 0.2) is 40.2 Å². The van der Waals surface area contributed by atoms with Crippen molar-refractivity contribution in [2.45, 2.75) is 43.5 Å². The van der Waals surface area contributed by atoms with E-state index in [1.807, 2.05) is 6.92 Å². The number of sulfonamides is 1. The Balaban J connectivity index is 1.83. The highest BCUT2D eigenvalue weighted by molar-refractivity contribution is 7.89. The van der Waals surface area contributed by atoms with Crippen molar-refractivity contribution in [2.24, 2.45) is 4.99 Å². The normalized spacial score (nSPS) is 16.5. The van der Waals surface area contributed by atoms with E-state index in [4.69, 9.17) is 0 Å². The van der Waals surface area contributed by atoms with Gasteiger partial charge in [-0.2, -0.15) is 0 Å². The van der Waals surface area contributed by atoms with Crippen molar-refractivity contribution in [1.29, 1.82) is 0 Å². The number of hydrogen-bond acceptors (Lipinski definition) is 3. The summed E-state index contributed by atoms with van der Waals surface area (Å²) < 4.78 is 26.8. The van der Waals surface area contributed by atoms with Crippen LogP contribution in [0.4, 0.5) is 0 Å². The van der Waals surface area contributed by atoms with E-state index >= 15 is 0 Å². The summed E-state index contributed by atoms with van der Waals surface area (Å²) in [5.74, 6) is 0.762. The van der Waals surface area contributed by atoms with Crippen molar-refractivity contribution in [1.82, 2.24) is 15.4 Å². The minimum absolute atomic E-state index is 0.276. The molecule has 7 heteroatoms. The Kier molecular flexibility index (Phi) is 6.85. The van der Waals surface area contributed by atoms with Crippen molar-refractivity contribution >= 4 is 16.0 Å². The number of benzene rings is 1. The lowest BCUT2D eigenvalue weighted by Crippen LogP contribution is -2.42. The molecule has 1 saturated carbocycles. The molecule has 2 rings (SSSR count). The first-order valence-electron chi connectivity index (χ1n) is 8.21. The lowest BCUT2D eigenvalue weighted by molar-refractivity contribution is 0.581. The minimum atomic E-state index is -3.45. The first kappa shape index (κ1) is 17.7. The molecular formula is C16H26N4O2S. The quantitative estimate of drug-likeness (QED) is 0.399. The number of nitrogens with zero attached hydrogens (tertiary/aromatic N) is 1. The minimum Gasteiger partial charge on any atom is -0.357 e. The third-order valence-electron chi connectivity index (χ3n) is 3.77. The van der Waals surface area contributed by atoms with Crippen LogP contribution in [-0.2, 0) is 10.0 Å². The van der Waals surface area contributed by atoms with Gasteiger partial charge in [-0.3, -0.25) is 4.99 Å². The van der Waals surface area contributed by atoms with Gasteiger partial charge in [0.15, 0.2) is 5.96 Å². The molecule has 0 radical (unpaired) electrons. The van der Waals surface area contributed by atoms with Gasteiger partial charge in [0.1, 0.15) is 0 Å². The maximum absolute atomic E-state index is 12.1. The van der Waals surface area contributed by atoms with Crippen LogP contribution in [0.25, 0.3) is 0 Å². The molecule has 0 spiro atoms. The standard InChI is InChI=1S/C16H26N4O2S/c1-2-17-16(20-14-8-6-7-9-14)18-12-13-19-23(21,22)15-10-4-3-5-11-15/h3-5,10-11,14,19H,2,6-9,12-13H2,1H3,(H2,17,18,20). The van der Waals surface area contributed by atoms with E-state index in [9.17, 15) is 8.42 Å². The first-order valence-corrected chi connectivity index (χ1v) is 9.69. The van der Waals surface area contributed by atoms with Crippen molar-refractivity contribution in [2.75, 3.05) is 19.6 Å². The van der Waals surface area contributed by atoms with E-state index in [2.05, 4.69) is 20.3 Å². The van der Waals surface area contributed by atoms with Gasteiger partial charge < -0.3 is 10.6 Å². The molecule has 0 atom stereocenters. The highest BCUT2D eigenvalue weighted by atomic mass is 32.2. The molecule has 0 aromatic heterocycles. The second kappa shape index (κ2) is 8.88. The van der Waals surface area contributed by atoms with E-state index in [1.54, 1.807) is 30.3 Å². The second-order valence-electron chi connectivity index (χ2n) is 5.60. The van der Waals surface area contributed by atoms with Gasteiger partial charge in [0.25, 0.3) is 0 Å². The fourth-order valence-corrected chi connectivity index (χ4v) is 3.66. The number of rotatable bonds is 7. The smallest absolute Gasteiger partial charge is 0.240 e. The third kappa shape index (κ3) is 5.84. The molecule has 0 aliphatic heterocycles. The summed E-state index contributed by atoms with van der Waals surface area (Å²) in [4.78, 5) is 4.72. The van der Waals surface area contributed by atoms with Crippen molar-refractivity contribution in [3.63, 3.8) is 0 Å². The van der Waals surface area contributed by atoms with Gasteiger partial charge in [0.05, 0.1) is 11.4 Å². The molecule has 1 aromatic carbocycles. The average molecular weight is 338 g/mol. The predicted octanol–water partition coefficient (Wildman–Crippen LogP) is 1.46. The summed E-state index contributed by atoms with van der Waals surface area (Å²) in [6.07, 6.45) is 4.86. The predicted molar refractivity (Wildman–Crippen MR) is 93.0 cm³/mol. The third-order valence-corrected chi connectivity index (χ3v) is 5.24. The zero-order valence-corrected chi connectivity index (χ0v) is 14.4. The van der Waals surface area contributed by atoms with Crippen LogP contribution in [0.2, 0.25) is 0 Å². The van der Waals surface area contributed by atoms with Gasteiger partial charge in [0.2, 0.25) is 10.0 Å². The highest BCUT2D eigenvalue weighted by Crippen LogP contribution is 2.17. The molecule has 0 unspecified atom stereocenters. The Labute approximate surface area is 138 Å². The topological polar surface area (TPSA) is 82.6 Å². The van der Waals surface area contributed by atoms with E-state index < -0.39 is 10.0 Å². The van der Waals surface area contributed by atoms with Crippen LogP contribution in [0.5, 0.6) is 0 Å². The summed E-state index contributed by atoms with van der Waals surface area (Å²) in [7, 11) is -3.45. The van der Waals surface area contributed by atoms with Gasteiger partial charge in [-0.05, 0) is 31.9 Å². The van der Waals surface area contributed by atoms with Gasteiger partial charge in [-0.25, -0.2) is 13.1 Å². The van der Waals surface area contributed by atoms with E-state index in [0.717, 1.165) is 12.5 Å². The SMILES string of the molecule is CCNC(=NCCNS(=O)(=O)c1ccccc1)NC1CCCC1. The summed E-state index contributed by atoms with van der Waals surface area (Å²) in [5.41, 5.74) is 0. The van der Waals surface area contributed by atoms with Gasteiger partial charge >= 0.3 is 0 Å². The summed E-state index contributed by atoms with van der Waals surface area (Å²) in [6, 6.07) is 8.85. The summed E-state index contributed by atoms with van der Waals surface area (Å²) >= 11 is 0. The molecule has 0 amide bonds. The van der Waals surface area contributed by atoms with E-state index in [0.29, 0.717) is 12.6 Å². The van der Waals surface area contributed by atoms with Crippen LogP contribution in [0.3, 0.4) is 0 Å². The molecule has 3 N–H and O–H groups in total. The largest absolute Gasteiger partial charge is 0.357 e. The fourth-order valence-electron chi connectivity index (χ4n) is 2.61. The fraction of sp³-hybridized carbons (Fsp3) is 0.562. The first-order chi connectivity index (χ1) is 11.1. The number of guanidine groups is 1. The Hall–Kier alpha value is -1.60. The van der Waals surface area contributed by atoms with Crippen LogP contribution in [-0.4, -0.2) is 40.1 Å². The van der Waals surface area contributed by atoms with E-state index in [-0.39, 0.29) is 11.4 Å². The van der Waals surface area contributed by atoms with Crippen LogP contribution in [0.1, 0.15) is 32.6 Å². The molecule has 1 fully saturated rings.